The van der Waals surface area contributed by atoms with E-state index in [0.29, 0.717) is 27.4 Å². The van der Waals surface area contributed by atoms with Crippen LogP contribution >= 0.6 is 11.6 Å². The molecule has 3 aromatic rings. The van der Waals surface area contributed by atoms with Crippen LogP contribution in [0.15, 0.2) is 54.6 Å². The molecule has 0 aliphatic carbocycles. The summed E-state index contributed by atoms with van der Waals surface area (Å²) < 4.78 is 0. The Kier molecular flexibility index (Phi) is 4.33. The zero-order valence-corrected chi connectivity index (χ0v) is 13.6. The van der Waals surface area contributed by atoms with Crippen LogP contribution in [0.1, 0.15) is 5.56 Å². The minimum Gasteiger partial charge on any atom is -0.383 e. The first-order chi connectivity index (χ1) is 12.0. The van der Waals surface area contributed by atoms with Crippen molar-refractivity contribution in [2.75, 3.05) is 5.73 Å². The molecule has 0 spiro atoms. The van der Waals surface area contributed by atoms with E-state index >= 15 is 0 Å². The van der Waals surface area contributed by atoms with Gasteiger partial charge in [-0.2, -0.15) is 5.26 Å². The van der Waals surface area contributed by atoms with E-state index in [9.17, 15) is 15.4 Å². The number of nitriles is 1. The number of rotatable bonds is 3. The average Bonchev–Trinajstić information content (AvgIpc) is 2.61. The lowest BCUT2D eigenvalue weighted by atomic mass is 9.98. The minimum atomic E-state index is -0.491. The van der Waals surface area contributed by atoms with E-state index in [0.717, 1.165) is 0 Å². The zero-order valence-electron chi connectivity index (χ0n) is 12.8. The molecule has 0 saturated heterocycles. The van der Waals surface area contributed by atoms with E-state index in [2.05, 4.69) is 4.98 Å². The second kappa shape index (κ2) is 6.59. The fourth-order valence-corrected chi connectivity index (χ4v) is 2.74. The van der Waals surface area contributed by atoms with Crippen LogP contribution in [0, 0.1) is 21.4 Å². The molecular weight excluding hydrogens is 340 g/mol. The van der Waals surface area contributed by atoms with Gasteiger partial charge in [0.05, 0.1) is 10.6 Å². The number of nitro benzene ring substituents is 1. The van der Waals surface area contributed by atoms with Gasteiger partial charge < -0.3 is 5.73 Å². The van der Waals surface area contributed by atoms with Crippen molar-refractivity contribution in [2.24, 2.45) is 0 Å². The van der Waals surface area contributed by atoms with Crippen LogP contribution < -0.4 is 5.73 Å². The van der Waals surface area contributed by atoms with Crippen molar-refractivity contribution in [1.82, 2.24) is 4.98 Å². The van der Waals surface area contributed by atoms with Crippen molar-refractivity contribution in [1.29, 1.82) is 5.26 Å². The zero-order chi connectivity index (χ0) is 18.0. The number of halogens is 1. The molecule has 1 heterocycles. The summed E-state index contributed by atoms with van der Waals surface area (Å²) in [5.74, 6) is 0.0430. The van der Waals surface area contributed by atoms with Crippen molar-refractivity contribution >= 4 is 23.1 Å². The van der Waals surface area contributed by atoms with Crippen LogP contribution in [0.25, 0.3) is 22.4 Å². The summed E-state index contributed by atoms with van der Waals surface area (Å²) in [5, 5.41) is 20.9. The Morgan fingerprint density at radius 2 is 1.88 bits per heavy atom. The molecule has 6 nitrogen and oxygen atoms in total. The lowest BCUT2D eigenvalue weighted by Crippen LogP contribution is -2.00. The molecule has 2 aromatic carbocycles. The highest BCUT2D eigenvalue weighted by molar-refractivity contribution is 6.33. The molecule has 7 heteroatoms. The van der Waals surface area contributed by atoms with Crippen molar-refractivity contribution in [3.05, 3.63) is 75.3 Å². The number of anilines is 1. The molecule has 122 valence electrons. The topological polar surface area (TPSA) is 106 Å². The summed E-state index contributed by atoms with van der Waals surface area (Å²) in [7, 11) is 0. The Morgan fingerprint density at radius 1 is 1.12 bits per heavy atom. The summed E-state index contributed by atoms with van der Waals surface area (Å²) >= 11 is 6.21. The van der Waals surface area contributed by atoms with E-state index in [1.54, 1.807) is 36.4 Å². The highest BCUT2D eigenvalue weighted by atomic mass is 35.5. The summed E-state index contributed by atoms with van der Waals surface area (Å²) in [6.07, 6.45) is 0. The number of nitrogen functional groups attached to an aromatic ring is 1. The van der Waals surface area contributed by atoms with Crippen molar-refractivity contribution in [3.63, 3.8) is 0 Å². The Bertz CT molecular complexity index is 1030. The first kappa shape index (κ1) is 16.4. The number of nitrogens with zero attached hydrogens (tertiary/aromatic N) is 3. The van der Waals surface area contributed by atoms with Gasteiger partial charge >= 0.3 is 0 Å². The minimum absolute atomic E-state index is 0.0430. The van der Waals surface area contributed by atoms with Crippen LogP contribution in [0.2, 0.25) is 5.02 Å². The molecule has 0 bridgehead atoms. The normalized spacial score (nSPS) is 10.2. The highest BCUT2D eigenvalue weighted by Gasteiger charge is 2.16. The Morgan fingerprint density at radius 3 is 2.56 bits per heavy atom. The molecule has 1 aromatic heterocycles. The summed E-state index contributed by atoms with van der Waals surface area (Å²) in [5.41, 5.74) is 8.16. The van der Waals surface area contributed by atoms with Crippen LogP contribution in [0.5, 0.6) is 0 Å². The van der Waals surface area contributed by atoms with E-state index in [4.69, 9.17) is 17.3 Å². The maximum atomic E-state index is 11.0. The number of nitro groups is 1. The molecule has 0 unspecified atom stereocenters. The standard InChI is InChI=1S/C18H11ClN4O2/c19-16-7-2-1-6-13(16)17-9-14(15(10-20)18(21)22-17)11-4-3-5-12(8-11)23(24)25/h1-9H,(H2,21,22). The molecule has 0 atom stereocenters. The Hall–Kier alpha value is -3.43. The van der Waals surface area contributed by atoms with Gasteiger partial charge in [-0.1, -0.05) is 41.9 Å². The highest BCUT2D eigenvalue weighted by Crippen LogP contribution is 2.34. The third kappa shape index (κ3) is 3.13. The van der Waals surface area contributed by atoms with Crippen LogP contribution in [-0.2, 0) is 0 Å². The second-order valence-electron chi connectivity index (χ2n) is 5.21. The number of hydrogen-bond donors (Lipinski definition) is 1. The van der Waals surface area contributed by atoms with Crippen LogP contribution in [0.4, 0.5) is 11.5 Å². The van der Waals surface area contributed by atoms with Crippen LogP contribution in [0.3, 0.4) is 0 Å². The van der Waals surface area contributed by atoms with Gasteiger partial charge in [-0.25, -0.2) is 4.98 Å². The van der Waals surface area contributed by atoms with Gasteiger partial charge in [-0.15, -0.1) is 0 Å². The van der Waals surface area contributed by atoms with E-state index in [-0.39, 0.29) is 17.1 Å². The van der Waals surface area contributed by atoms with Gasteiger partial charge in [-0.3, -0.25) is 10.1 Å². The predicted octanol–water partition coefficient (Wildman–Crippen LogP) is 4.43. The second-order valence-corrected chi connectivity index (χ2v) is 5.62. The SMILES string of the molecule is N#Cc1c(-c2cccc([N+](=O)[O-])c2)cc(-c2ccccc2Cl)nc1N. The number of non-ortho nitro benzene ring substituents is 1. The van der Waals surface area contributed by atoms with Gasteiger partial charge in [0.1, 0.15) is 17.5 Å². The molecule has 3 rings (SSSR count). The smallest absolute Gasteiger partial charge is 0.270 e. The summed E-state index contributed by atoms with van der Waals surface area (Å²) in [6.45, 7) is 0. The molecule has 0 radical (unpaired) electrons. The van der Waals surface area contributed by atoms with Gasteiger partial charge in [0.15, 0.2) is 0 Å². The van der Waals surface area contributed by atoms with Crippen molar-refractivity contribution in [3.8, 4) is 28.5 Å². The number of aromatic nitrogens is 1. The predicted molar refractivity (Wildman–Crippen MR) is 95.9 cm³/mol. The largest absolute Gasteiger partial charge is 0.383 e. The number of nitrogens with two attached hydrogens (primary N) is 1. The quantitative estimate of drug-likeness (QED) is 0.555. The van der Waals surface area contributed by atoms with E-state index < -0.39 is 4.92 Å². The average molecular weight is 351 g/mol. The number of benzene rings is 2. The lowest BCUT2D eigenvalue weighted by molar-refractivity contribution is -0.384. The Labute approximate surface area is 148 Å². The first-order valence-electron chi connectivity index (χ1n) is 7.21. The monoisotopic (exact) mass is 350 g/mol. The first-order valence-corrected chi connectivity index (χ1v) is 7.59. The lowest BCUT2D eigenvalue weighted by Gasteiger charge is -2.11. The summed E-state index contributed by atoms with van der Waals surface area (Å²) in [6, 6.07) is 16.8. The van der Waals surface area contributed by atoms with E-state index in [1.807, 2.05) is 12.1 Å². The molecule has 0 aliphatic heterocycles. The maximum absolute atomic E-state index is 11.0. The molecule has 0 saturated carbocycles. The molecule has 25 heavy (non-hydrogen) atoms. The molecule has 0 aliphatic rings. The van der Waals surface area contributed by atoms with Gasteiger partial charge in [0.2, 0.25) is 0 Å². The third-order valence-corrected chi connectivity index (χ3v) is 4.01. The molecule has 0 fully saturated rings. The van der Waals surface area contributed by atoms with Gasteiger partial charge in [-0.05, 0) is 17.7 Å². The van der Waals surface area contributed by atoms with Gasteiger partial charge in [0.25, 0.3) is 5.69 Å². The number of hydrogen-bond acceptors (Lipinski definition) is 5. The third-order valence-electron chi connectivity index (χ3n) is 3.68. The van der Waals surface area contributed by atoms with Gasteiger partial charge in [0, 0.05) is 28.3 Å². The van der Waals surface area contributed by atoms with Crippen LogP contribution in [-0.4, -0.2) is 9.91 Å². The fraction of sp³-hybridized carbons (Fsp3) is 0. The van der Waals surface area contributed by atoms with Crippen molar-refractivity contribution in [2.45, 2.75) is 0 Å². The number of pyridine rings is 1. The maximum Gasteiger partial charge on any atom is 0.270 e. The summed E-state index contributed by atoms with van der Waals surface area (Å²) in [4.78, 5) is 14.8. The molecule has 0 amide bonds. The fourth-order valence-electron chi connectivity index (χ4n) is 2.50. The Balaban J connectivity index is 2.26. The molecule has 2 N–H and O–H groups in total. The van der Waals surface area contributed by atoms with E-state index in [1.165, 1.54) is 12.1 Å². The molecular formula is C18H11ClN4O2. The van der Waals surface area contributed by atoms with Crippen molar-refractivity contribution < 1.29 is 4.92 Å².